The van der Waals surface area contributed by atoms with Crippen LogP contribution in [0.25, 0.3) is 0 Å². The number of para-hydroxylation sites is 1. The molecule has 0 radical (unpaired) electrons. The number of amides is 5. The number of benzene rings is 1. The number of likely N-dealkylation sites (tertiary alicyclic amines) is 1. The van der Waals surface area contributed by atoms with Crippen LogP contribution in [0.3, 0.4) is 0 Å². The molecule has 1 aromatic rings. The van der Waals surface area contributed by atoms with Crippen LogP contribution in [0, 0.1) is 0 Å². The van der Waals surface area contributed by atoms with Crippen molar-refractivity contribution >= 4 is 29.4 Å². The Morgan fingerprint density at radius 2 is 1.86 bits per heavy atom. The maximum atomic E-state index is 12.9. The van der Waals surface area contributed by atoms with Crippen molar-refractivity contribution in [3.05, 3.63) is 30.3 Å². The summed E-state index contributed by atoms with van der Waals surface area (Å²) in [7, 11) is 0. The first-order valence-electron chi connectivity index (χ1n) is 7.01. The molecule has 7 heteroatoms. The minimum absolute atomic E-state index is 0.216. The summed E-state index contributed by atoms with van der Waals surface area (Å²) in [5, 5.41) is 2.21. The van der Waals surface area contributed by atoms with Crippen molar-refractivity contribution in [1.29, 1.82) is 0 Å². The summed E-state index contributed by atoms with van der Waals surface area (Å²) in [4.78, 5) is 51.4. The molecule has 1 N–H and O–H groups in total. The fourth-order valence-electron chi connectivity index (χ4n) is 3.15. The van der Waals surface area contributed by atoms with Crippen molar-refractivity contribution in [2.75, 3.05) is 11.4 Å². The normalized spacial score (nSPS) is 24.9. The number of nitrogens with zero attached hydrogens (tertiary/aromatic N) is 2. The lowest BCUT2D eigenvalue weighted by molar-refractivity contribution is -0.151. The van der Waals surface area contributed by atoms with Gasteiger partial charge in [0.15, 0.2) is 0 Å². The van der Waals surface area contributed by atoms with Crippen LogP contribution in [-0.4, -0.2) is 40.7 Å². The van der Waals surface area contributed by atoms with E-state index in [1.165, 1.54) is 11.8 Å². The molecule has 5 amide bonds. The summed E-state index contributed by atoms with van der Waals surface area (Å²) >= 11 is 0. The van der Waals surface area contributed by atoms with E-state index < -0.39 is 23.4 Å². The van der Waals surface area contributed by atoms with Gasteiger partial charge in [-0.05, 0) is 25.0 Å². The standard InChI is InChI=1S/C15H15N3O4/c1-10(19)17-9-5-8-15(17)12(20)16-14(22)18(13(15)21)11-6-3-2-4-7-11/h2-4,6-7H,5,8-9H2,1H3,(H,16,20,22). The Morgan fingerprint density at radius 1 is 1.18 bits per heavy atom. The molecule has 1 spiro atoms. The predicted octanol–water partition coefficient (Wildman–Crippen LogP) is 0.650. The van der Waals surface area contributed by atoms with E-state index in [1.54, 1.807) is 30.3 Å². The van der Waals surface area contributed by atoms with Gasteiger partial charge in [0.25, 0.3) is 11.8 Å². The zero-order valence-electron chi connectivity index (χ0n) is 12.0. The van der Waals surface area contributed by atoms with Gasteiger partial charge in [0.2, 0.25) is 11.4 Å². The zero-order chi connectivity index (χ0) is 15.9. The number of hydrogen-bond acceptors (Lipinski definition) is 4. The van der Waals surface area contributed by atoms with E-state index in [0.717, 1.165) is 4.90 Å². The monoisotopic (exact) mass is 301 g/mol. The topological polar surface area (TPSA) is 86.8 Å². The smallest absolute Gasteiger partial charge is 0.320 e. The minimum Gasteiger partial charge on any atom is -0.320 e. The number of urea groups is 1. The maximum absolute atomic E-state index is 12.9. The van der Waals surface area contributed by atoms with Crippen LogP contribution >= 0.6 is 0 Å². The fourth-order valence-corrected chi connectivity index (χ4v) is 3.15. The second-order valence-electron chi connectivity index (χ2n) is 5.37. The zero-order valence-corrected chi connectivity index (χ0v) is 12.0. The molecule has 0 bridgehead atoms. The van der Waals surface area contributed by atoms with E-state index in [2.05, 4.69) is 5.32 Å². The molecule has 1 aromatic carbocycles. The van der Waals surface area contributed by atoms with Crippen molar-refractivity contribution in [2.45, 2.75) is 25.3 Å². The molecule has 22 heavy (non-hydrogen) atoms. The Bertz CT molecular complexity index is 673. The molecular formula is C15H15N3O4. The lowest BCUT2D eigenvalue weighted by Crippen LogP contribution is -2.73. The van der Waals surface area contributed by atoms with E-state index in [-0.39, 0.29) is 12.3 Å². The number of hydrogen-bond donors (Lipinski definition) is 1. The average molecular weight is 301 g/mol. The van der Waals surface area contributed by atoms with Crippen LogP contribution in [-0.2, 0) is 14.4 Å². The van der Waals surface area contributed by atoms with Gasteiger partial charge in [-0.1, -0.05) is 18.2 Å². The largest absolute Gasteiger partial charge is 0.335 e. The van der Waals surface area contributed by atoms with Crippen molar-refractivity contribution < 1.29 is 19.2 Å². The summed E-state index contributed by atoms with van der Waals surface area (Å²) in [6.45, 7) is 1.64. The maximum Gasteiger partial charge on any atom is 0.335 e. The van der Waals surface area contributed by atoms with Gasteiger partial charge in [0.1, 0.15) is 0 Å². The molecular weight excluding hydrogens is 286 g/mol. The van der Waals surface area contributed by atoms with E-state index in [1.807, 2.05) is 0 Å². The number of carbonyl (C=O) groups excluding carboxylic acids is 4. The summed E-state index contributed by atoms with van der Waals surface area (Å²) in [5.74, 6) is -1.74. The molecule has 0 aliphatic carbocycles. The molecule has 7 nitrogen and oxygen atoms in total. The van der Waals surface area contributed by atoms with E-state index in [4.69, 9.17) is 0 Å². The second-order valence-corrected chi connectivity index (χ2v) is 5.37. The van der Waals surface area contributed by atoms with Crippen LogP contribution in [0.5, 0.6) is 0 Å². The second kappa shape index (κ2) is 4.94. The molecule has 2 aliphatic rings. The molecule has 2 heterocycles. The van der Waals surface area contributed by atoms with Crippen LogP contribution in [0.15, 0.2) is 30.3 Å². The van der Waals surface area contributed by atoms with E-state index in [9.17, 15) is 19.2 Å². The van der Waals surface area contributed by atoms with Gasteiger partial charge in [-0.15, -0.1) is 0 Å². The van der Waals surface area contributed by atoms with Gasteiger partial charge in [-0.2, -0.15) is 0 Å². The fraction of sp³-hybridized carbons (Fsp3) is 0.333. The van der Waals surface area contributed by atoms with Gasteiger partial charge < -0.3 is 4.90 Å². The quantitative estimate of drug-likeness (QED) is 0.772. The van der Waals surface area contributed by atoms with Crippen LogP contribution in [0.2, 0.25) is 0 Å². The first kappa shape index (κ1) is 14.2. The third-order valence-electron chi connectivity index (χ3n) is 4.13. The Labute approximate surface area is 126 Å². The molecule has 0 aromatic heterocycles. The number of barbiturate groups is 1. The third-order valence-corrected chi connectivity index (χ3v) is 4.13. The molecule has 3 rings (SSSR count). The van der Waals surface area contributed by atoms with Gasteiger partial charge >= 0.3 is 6.03 Å². The first-order valence-corrected chi connectivity index (χ1v) is 7.01. The van der Waals surface area contributed by atoms with Gasteiger partial charge in [0.05, 0.1) is 5.69 Å². The first-order chi connectivity index (χ1) is 10.5. The predicted molar refractivity (Wildman–Crippen MR) is 76.8 cm³/mol. The SMILES string of the molecule is CC(=O)N1CCCC12C(=O)NC(=O)N(c1ccccc1)C2=O. The highest BCUT2D eigenvalue weighted by Crippen LogP contribution is 2.35. The van der Waals surface area contributed by atoms with Crippen LogP contribution in [0.4, 0.5) is 10.5 Å². The van der Waals surface area contributed by atoms with Gasteiger partial charge in [-0.3, -0.25) is 19.7 Å². The average Bonchev–Trinajstić information content (AvgIpc) is 2.93. The molecule has 1 atom stereocenters. The molecule has 2 saturated heterocycles. The van der Waals surface area contributed by atoms with E-state index >= 15 is 0 Å². The summed E-state index contributed by atoms with van der Waals surface area (Å²) in [5.41, 5.74) is -1.25. The highest BCUT2D eigenvalue weighted by molar-refractivity contribution is 6.33. The number of rotatable bonds is 1. The van der Waals surface area contributed by atoms with E-state index in [0.29, 0.717) is 18.7 Å². The van der Waals surface area contributed by atoms with Crippen LogP contribution < -0.4 is 10.2 Å². The minimum atomic E-state index is -1.62. The highest BCUT2D eigenvalue weighted by atomic mass is 16.2. The highest BCUT2D eigenvalue weighted by Gasteiger charge is 2.60. The van der Waals surface area contributed by atoms with Crippen molar-refractivity contribution in [2.24, 2.45) is 0 Å². The number of anilines is 1. The number of carbonyl (C=O) groups is 4. The van der Waals surface area contributed by atoms with Gasteiger partial charge in [-0.25, -0.2) is 9.69 Å². The van der Waals surface area contributed by atoms with Crippen molar-refractivity contribution in [3.63, 3.8) is 0 Å². The van der Waals surface area contributed by atoms with Crippen LogP contribution in [0.1, 0.15) is 19.8 Å². The number of imide groups is 2. The van der Waals surface area contributed by atoms with Crippen molar-refractivity contribution in [1.82, 2.24) is 10.2 Å². The molecule has 114 valence electrons. The Kier molecular flexibility index (Phi) is 3.20. The summed E-state index contributed by atoms with van der Waals surface area (Å²) in [6, 6.07) is 7.56. The van der Waals surface area contributed by atoms with Gasteiger partial charge in [0, 0.05) is 13.5 Å². The molecule has 0 saturated carbocycles. The lowest BCUT2D eigenvalue weighted by atomic mass is 9.90. The Morgan fingerprint density at radius 3 is 2.50 bits per heavy atom. The Hall–Kier alpha value is -2.70. The molecule has 1 unspecified atom stereocenters. The summed E-state index contributed by atoms with van der Waals surface area (Å²) in [6.07, 6.45) is 0.753. The molecule has 2 aliphatic heterocycles. The third kappa shape index (κ3) is 1.82. The Balaban J connectivity index is 2.09. The lowest BCUT2D eigenvalue weighted by Gasteiger charge is -2.41. The number of nitrogens with one attached hydrogen (secondary N) is 1. The van der Waals surface area contributed by atoms with Crippen molar-refractivity contribution in [3.8, 4) is 0 Å². The molecule has 2 fully saturated rings. The summed E-state index contributed by atoms with van der Waals surface area (Å²) < 4.78 is 0.